The van der Waals surface area contributed by atoms with E-state index in [-0.39, 0.29) is 11.3 Å². The van der Waals surface area contributed by atoms with Gasteiger partial charge >= 0.3 is 0 Å². The van der Waals surface area contributed by atoms with Crippen molar-refractivity contribution >= 4 is 19.7 Å². The second-order valence-electron chi connectivity index (χ2n) is 8.77. The van der Waals surface area contributed by atoms with Crippen molar-refractivity contribution in [1.29, 1.82) is 0 Å². The van der Waals surface area contributed by atoms with E-state index in [1.165, 1.54) is 69.1 Å². The molecule has 0 aliphatic carbocycles. The minimum Gasteiger partial charge on any atom is -0.218 e. The summed E-state index contributed by atoms with van der Waals surface area (Å²) in [5.41, 5.74) is -1.03. The largest absolute Gasteiger partial charge is 0.218 e. The standard InChI is InChI=1S/C22H40NO3S2/c1-5-6-7-8-9-10-11-12-13-14-16-21(2)18-19-22(3,23(21)24)17-15-20-27-28(4,25)26/h5-14,16,18-20H2,1-4H3. The average Bonchev–Trinajstić information content (AvgIpc) is 2.85. The van der Waals surface area contributed by atoms with Crippen LogP contribution in [0.2, 0.25) is 0 Å². The zero-order chi connectivity index (χ0) is 21.1. The van der Waals surface area contributed by atoms with Crippen LogP contribution in [0.3, 0.4) is 0 Å². The molecule has 1 aliphatic heterocycles. The van der Waals surface area contributed by atoms with Crippen LogP contribution in [0.25, 0.3) is 0 Å². The van der Waals surface area contributed by atoms with Gasteiger partial charge in [0.2, 0.25) is 0 Å². The van der Waals surface area contributed by atoms with Gasteiger partial charge < -0.3 is 0 Å². The number of unbranched alkanes of at least 4 members (excludes halogenated alkanes) is 9. The average molecular weight is 431 g/mol. The molecule has 0 aromatic carbocycles. The molecular formula is C22H40NO3S2. The van der Waals surface area contributed by atoms with Crippen LogP contribution in [0.4, 0.5) is 0 Å². The fourth-order valence-electron chi connectivity index (χ4n) is 4.01. The molecule has 1 saturated heterocycles. The van der Waals surface area contributed by atoms with E-state index in [0.717, 1.165) is 36.5 Å². The van der Waals surface area contributed by atoms with Gasteiger partial charge in [0.25, 0.3) is 0 Å². The highest BCUT2D eigenvalue weighted by Gasteiger charge is 2.49. The topological polar surface area (TPSA) is 57.3 Å². The Morgan fingerprint density at radius 2 is 1.46 bits per heavy atom. The molecule has 1 fully saturated rings. The highest BCUT2D eigenvalue weighted by atomic mass is 33.1. The third-order valence-electron chi connectivity index (χ3n) is 5.86. The van der Waals surface area contributed by atoms with E-state index < -0.39 is 14.4 Å². The van der Waals surface area contributed by atoms with Gasteiger partial charge in [0.05, 0.1) is 5.75 Å². The van der Waals surface area contributed by atoms with Crippen molar-refractivity contribution in [3.63, 3.8) is 0 Å². The lowest BCUT2D eigenvalue weighted by Crippen LogP contribution is -2.47. The van der Waals surface area contributed by atoms with Gasteiger partial charge in [0.1, 0.15) is 5.54 Å². The molecule has 0 aromatic rings. The molecule has 0 saturated carbocycles. The Morgan fingerprint density at radius 1 is 0.929 bits per heavy atom. The van der Waals surface area contributed by atoms with Crippen molar-refractivity contribution in [3.8, 4) is 11.8 Å². The van der Waals surface area contributed by atoms with Gasteiger partial charge in [-0.3, -0.25) is 0 Å². The van der Waals surface area contributed by atoms with Gasteiger partial charge in [-0.1, -0.05) is 83.0 Å². The first kappa shape index (κ1) is 25.8. The zero-order valence-corrected chi connectivity index (χ0v) is 20.0. The highest BCUT2D eigenvalue weighted by molar-refractivity contribution is 8.71. The summed E-state index contributed by atoms with van der Waals surface area (Å²) in [7, 11) is -2.26. The number of hydrogen-bond donors (Lipinski definition) is 0. The van der Waals surface area contributed by atoms with E-state index in [0.29, 0.717) is 0 Å². The quantitative estimate of drug-likeness (QED) is 0.206. The van der Waals surface area contributed by atoms with Gasteiger partial charge in [-0.25, -0.2) is 8.42 Å². The Labute approximate surface area is 177 Å². The Bertz CT molecular complexity index is 611. The monoisotopic (exact) mass is 430 g/mol. The van der Waals surface area contributed by atoms with Crippen molar-refractivity contribution in [2.24, 2.45) is 0 Å². The summed E-state index contributed by atoms with van der Waals surface area (Å²) in [6.45, 7) is 6.20. The Hall–Kier alpha value is -0.220. The highest BCUT2D eigenvalue weighted by Crippen LogP contribution is 2.42. The van der Waals surface area contributed by atoms with Gasteiger partial charge in [0.15, 0.2) is 8.87 Å². The van der Waals surface area contributed by atoms with E-state index in [4.69, 9.17) is 0 Å². The maximum Gasteiger partial charge on any atom is 0.199 e. The molecule has 0 aromatic heterocycles. The summed E-state index contributed by atoms with van der Waals surface area (Å²) in [5, 5.41) is 14.1. The van der Waals surface area contributed by atoms with Crippen LogP contribution in [0.5, 0.6) is 0 Å². The number of rotatable bonds is 13. The molecular weight excluding hydrogens is 390 g/mol. The van der Waals surface area contributed by atoms with Crippen molar-refractivity contribution in [2.45, 2.75) is 115 Å². The minimum absolute atomic E-state index is 0.220. The molecule has 0 amide bonds. The van der Waals surface area contributed by atoms with Gasteiger partial charge in [-0.05, 0) is 43.9 Å². The van der Waals surface area contributed by atoms with Crippen LogP contribution in [-0.2, 0) is 14.1 Å². The van der Waals surface area contributed by atoms with Crippen LogP contribution in [0.15, 0.2) is 0 Å². The van der Waals surface area contributed by atoms with Gasteiger partial charge in [0, 0.05) is 11.8 Å². The second-order valence-corrected chi connectivity index (χ2v) is 13.2. The molecule has 6 heteroatoms. The first-order valence-corrected chi connectivity index (χ1v) is 14.3. The lowest BCUT2D eigenvalue weighted by molar-refractivity contribution is -0.240. The maximum absolute atomic E-state index is 12.9. The molecule has 4 nitrogen and oxygen atoms in total. The SMILES string of the molecule is CCCCCCCCCCCCC1(C)CCC(C)(C#CCSS(C)(=O)=O)N1[O]. The summed E-state index contributed by atoms with van der Waals surface area (Å²) in [6, 6.07) is 0. The van der Waals surface area contributed by atoms with Crippen LogP contribution in [0.1, 0.15) is 104 Å². The van der Waals surface area contributed by atoms with Crippen LogP contribution < -0.4 is 0 Å². The second kappa shape index (κ2) is 12.5. The van der Waals surface area contributed by atoms with Crippen molar-refractivity contribution in [1.82, 2.24) is 5.06 Å². The molecule has 163 valence electrons. The Morgan fingerprint density at radius 3 is 2.00 bits per heavy atom. The fourth-order valence-corrected chi connectivity index (χ4v) is 5.17. The normalized spacial score (nSPS) is 25.6. The van der Waals surface area contributed by atoms with Crippen molar-refractivity contribution in [3.05, 3.63) is 0 Å². The number of hydrogen-bond acceptors (Lipinski definition) is 4. The minimum atomic E-state index is -3.08. The lowest BCUT2D eigenvalue weighted by Gasteiger charge is -2.34. The van der Waals surface area contributed by atoms with E-state index >= 15 is 0 Å². The third kappa shape index (κ3) is 9.52. The smallest absolute Gasteiger partial charge is 0.199 e. The molecule has 0 spiro atoms. The predicted octanol–water partition coefficient (Wildman–Crippen LogP) is 5.95. The first-order chi connectivity index (χ1) is 13.1. The summed E-state index contributed by atoms with van der Waals surface area (Å²) < 4.78 is 22.3. The Kier molecular flexibility index (Phi) is 11.5. The molecule has 1 heterocycles. The Balaban J connectivity index is 2.28. The summed E-state index contributed by atoms with van der Waals surface area (Å²) in [6.07, 6.45) is 16.7. The molecule has 28 heavy (non-hydrogen) atoms. The van der Waals surface area contributed by atoms with Crippen molar-refractivity contribution in [2.75, 3.05) is 12.0 Å². The van der Waals surface area contributed by atoms with Crippen LogP contribution in [0, 0.1) is 11.8 Å². The van der Waals surface area contributed by atoms with E-state index in [2.05, 4.69) is 25.7 Å². The fraction of sp³-hybridized carbons (Fsp3) is 0.909. The van der Waals surface area contributed by atoms with E-state index in [9.17, 15) is 13.6 Å². The lowest BCUT2D eigenvalue weighted by atomic mass is 9.92. The molecule has 0 N–H and O–H groups in total. The molecule has 2 unspecified atom stereocenters. The summed E-state index contributed by atoms with van der Waals surface area (Å²) in [4.78, 5) is 0. The zero-order valence-electron chi connectivity index (χ0n) is 18.4. The third-order valence-corrected chi connectivity index (χ3v) is 8.19. The van der Waals surface area contributed by atoms with Crippen LogP contribution >= 0.6 is 10.8 Å². The molecule has 1 aliphatic rings. The number of nitrogens with zero attached hydrogens (tertiary/aromatic N) is 1. The van der Waals surface area contributed by atoms with Gasteiger partial charge in [-0.2, -0.15) is 0 Å². The predicted molar refractivity (Wildman–Crippen MR) is 120 cm³/mol. The van der Waals surface area contributed by atoms with Gasteiger partial charge in [-0.15, -0.1) is 10.3 Å². The summed E-state index contributed by atoms with van der Waals surface area (Å²) in [5.74, 6) is 6.17. The van der Waals surface area contributed by atoms with Crippen LogP contribution in [-0.4, -0.2) is 36.6 Å². The maximum atomic E-state index is 12.9. The molecule has 2 atom stereocenters. The van der Waals surface area contributed by atoms with Crippen molar-refractivity contribution < 1.29 is 13.6 Å². The number of hydroxylamine groups is 2. The summed E-state index contributed by atoms with van der Waals surface area (Å²) >= 11 is 0. The molecule has 0 bridgehead atoms. The molecule has 1 rings (SSSR count). The molecule has 1 radical (unpaired) electrons. The van der Waals surface area contributed by atoms with E-state index in [1.54, 1.807) is 0 Å². The first-order valence-electron chi connectivity index (χ1n) is 10.9. The van der Waals surface area contributed by atoms with E-state index in [1.807, 2.05) is 6.92 Å².